The van der Waals surface area contributed by atoms with Crippen molar-refractivity contribution in [2.75, 3.05) is 31.1 Å². The van der Waals surface area contributed by atoms with Crippen molar-refractivity contribution in [1.82, 2.24) is 4.31 Å². The molecule has 0 bridgehead atoms. The van der Waals surface area contributed by atoms with E-state index in [9.17, 15) is 13.2 Å². The van der Waals surface area contributed by atoms with Crippen LogP contribution in [-0.2, 0) is 26.0 Å². The Morgan fingerprint density at radius 1 is 1.15 bits per heavy atom. The number of amides is 1. The van der Waals surface area contributed by atoms with Gasteiger partial charge in [-0.1, -0.05) is 20.3 Å². The van der Waals surface area contributed by atoms with E-state index in [0.717, 1.165) is 30.5 Å². The summed E-state index contributed by atoms with van der Waals surface area (Å²) in [5, 5.41) is 0. The lowest BCUT2D eigenvalue weighted by Gasteiger charge is -2.27. The predicted octanol–water partition coefficient (Wildman–Crippen LogP) is 2.81. The van der Waals surface area contributed by atoms with Crippen LogP contribution in [0.15, 0.2) is 23.1 Å². The second-order valence-electron chi connectivity index (χ2n) is 7.62. The van der Waals surface area contributed by atoms with E-state index in [1.54, 1.807) is 27.4 Å². The molecule has 150 valence electrons. The number of hydrogen-bond acceptors (Lipinski definition) is 4. The highest BCUT2D eigenvalue weighted by Crippen LogP contribution is 2.33. The van der Waals surface area contributed by atoms with Crippen LogP contribution in [-0.4, -0.2) is 51.0 Å². The molecule has 0 aliphatic carbocycles. The van der Waals surface area contributed by atoms with Gasteiger partial charge in [0.1, 0.15) is 6.10 Å². The first-order chi connectivity index (χ1) is 12.9. The lowest BCUT2D eigenvalue weighted by Crippen LogP contribution is -2.42. The van der Waals surface area contributed by atoms with Crippen LogP contribution in [0, 0.1) is 5.92 Å². The van der Waals surface area contributed by atoms with Gasteiger partial charge in [-0.15, -0.1) is 0 Å². The Bertz CT molecular complexity index is 785. The minimum Gasteiger partial charge on any atom is -0.368 e. The lowest BCUT2D eigenvalue weighted by atomic mass is 10.1. The molecule has 0 aromatic heterocycles. The molecule has 6 nitrogen and oxygen atoms in total. The Labute approximate surface area is 162 Å². The molecule has 27 heavy (non-hydrogen) atoms. The Kier molecular flexibility index (Phi) is 6.23. The summed E-state index contributed by atoms with van der Waals surface area (Å²) in [6.07, 6.45) is 3.12. The molecule has 1 unspecified atom stereocenters. The third-order valence-corrected chi connectivity index (χ3v) is 7.26. The minimum atomic E-state index is -3.45. The van der Waals surface area contributed by atoms with Gasteiger partial charge in [0.2, 0.25) is 10.0 Å². The Balaban J connectivity index is 1.84. The van der Waals surface area contributed by atoms with Gasteiger partial charge in [-0.3, -0.25) is 4.79 Å². The van der Waals surface area contributed by atoms with E-state index in [2.05, 4.69) is 0 Å². The number of anilines is 1. The van der Waals surface area contributed by atoms with Crippen molar-refractivity contribution in [3.05, 3.63) is 23.8 Å². The zero-order valence-corrected chi connectivity index (χ0v) is 17.3. The number of benzene rings is 1. The van der Waals surface area contributed by atoms with Gasteiger partial charge in [0.15, 0.2) is 0 Å². The molecule has 1 aromatic carbocycles. The highest BCUT2D eigenvalue weighted by molar-refractivity contribution is 7.89. The number of sulfonamides is 1. The summed E-state index contributed by atoms with van der Waals surface area (Å²) in [5.74, 6) is 0.0393. The van der Waals surface area contributed by atoms with Crippen LogP contribution in [0.5, 0.6) is 0 Å². The summed E-state index contributed by atoms with van der Waals surface area (Å²) in [6.45, 7) is 8.08. The summed E-state index contributed by atoms with van der Waals surface area (Å²) in [6, 6.07) is 5.16. The lowest BCUT2D eigenvalue weighted by molar-refractivity contribution is -0.132. The number of ether oxygens (including phenoxy) is 1. The molecule has 1 amide bonds. The van der Waals surface area contributed by atoms with Gasteiger partial charge in [0.25, 0.3) is 5.91 Å². The van der Waals surface area contributed by atoms with Crippen molar-refractivity contribution in [3.63, 3.8) is 0 Å². The van der Waals surface area contributed by atoms with Crippen molar-refractivity contribution < 1.29 is 17.9 Å². The SMILES string of the molecule is CCOC(C(=O)N1CCc2cc(S(=O)(=O)N3CCCCC3)ccc21)C(C)C. The van der Waals surface area contributed by atoms with Gasteiger partial charge in [-0.05, 0) is 55.9 Å². The molecule has 7 heteroatoms. The maximum Gasteiger partial charge on any atom is 0.256 e. The fraction of sp³-hybridized carbons (Fsp3) is 0.650. The second kappa shape index (κ2) is 8.29. The Morgan fingerprint density at radius 2 is 1.85 bits per heavy atom. The summed E-state index contributed by atoms with van der Waals surface area (Å²) in [5.41, 5.74) is 1.73. The minimum absolute atomic E-state index is 0.0442. The molecular formula is C20H30N2O4S. The number of fused-ring (bicyclic) bond motifs is 1. The molecule has 2 aliphatic rings. The van der Waals surface area contributed by atoms with Crippen LogP contribution >= 0.6 is 0 Å². The van der Waals surface area contributed by atoms with Crippen LogP contribution in [0.1, 0.15) is 45.6 Å². The van der Waals surface area contributed by atoms with Crippen LogP contribution in [0.25, 0.3) is 0 Å². The predicted molar refractivity (Wildman–Crippen MR) is 105 cm³/mol. The van der Waals surface area contributed by atoms with E-state index < -0.39 is 16.1 Å². The maximum atomic E-state index is 12.9. The number of hydrogen-bond donors (Lipinski definition) is 0. The van der Waals surface area contributed by atoms with Crippen LogP contribution < -0.4 is 4.90 Å². The molecule has 1 aromatic rings. The Hall–Kier alpha value is -1.44. The molecule has 3 rings (SSSR count). The van der Waals surface area contributed by atoms with E-state index in [4.69, 9.17) is 4.74 Å². The number of carbonyl (C=O) groups is 1. The quantitative estimate of drug-likeness (QED) is 0.744. The second-order valence-corrected chi connectivity index (χ2v) is 9.55. The van der Waals surface area contributed by atoms with Gasteiger partial charge in [-0.25, -0.2) is 8.42 Å². The fourth-order valence-electron chi connectivity index (χ4n) is 3.90. The molecule has 2 heterocycles. The third kappa shape index (κ3) is 4.05. The van der Waals surface area contributed by atoms with Crippen molar-refractivity contribution in [2.45, 2.75) is 57.5 Å². The number of rotatable bonds is 6. The third-order valence-electron chi connectivity index (χ3n) is 5.36. The highest BCUT2D eigenvalue weighted by Gasteiger charge is 2.34. The fourth-order valence-corrected chi connectivity index (χ4v) is 5.47. The van der Waals surface area contributed by atoms with Crippen molar-refractivity contribution in [2.24, 2.45) is 5.92 Å². The number of carbonyl (C=O) groups excluding carboxylic acids is 1. The van der Waals surface area contributed by atoms with Crippen LogP contribution in [0.3, 0.4) is 0 Å². The normalized spacial score (nSPS) is 19.3. The maximum absolute atomic E-state index is 12.9. The summed E-state index contributed by atoms with van der Waals surface area (Å²) in [4.78, 5) is 15.0. The summed E-state index contributed by atoms with van der Waals surface area (Å²) >= 11 is 0. The zero-order chi connectivity index (χ0) is 19.6. The number of piperidine rings is 1. The van der Waals surface area contributed by atoms with Gasteiger partial charge in [0, 0.05) is 31.9 Å². The molecular weight excluding hydrogens is 364 g/mol. The van der Waals surface area contributed by atoms with Gasteiger partial charge >= 0.3 is 0 Å². The molecule has 0 N–H and O–H groups in total. The van der Waals surface area contributed by atoms with Gasteiger partial charge < -0.3 is 9.64 Å². The van der Waals surface area contributed by atoms with Crippen molar-refractivity contribution >= 4 is 21.6 Å². The van der Waals surface area contributed by atoms with E-state index in [1.807, 2.05) is 20.8 Å². The van der Waals surface area contributed by atoms with E-state index in [1.165, 1.54) is 0 Å². The van der Waals surface area contributed by atoms with Crippen LogP contribution in [0.4, 0.5) is 5.69 Å². The standard InChI is InChI=1S/C20H30N2O4S/c1-4-26-19(15(2)3)20(23)22-13-10-16-14-17(8-9-18(16)22)27(24,25)21-11-6-5-7-12-21/h8-9,14-15,19H,4-7,10-13H2,1-3H3. The van der Waals surface area contributed by atoms with Crippen molar-refractivity contribution in [3.8, 4) is 0 Å². The molecule has 0 spiro atoms. The zero-order valence-electron chi connectivity index (χ0n) is 16.5. The number of nitrogens with zero attached hydrogens (tertiary/aromatic N) is 2. The highest BCUT2D eigenvalue weighted by atomic mass is 32.2. The van der Waals surface area contributed by atoms with Crippen LogP contribution in [0.2, 0.25) is 0 Å². The monoisotopic (exact) mass is 394 g/mol. The van der Waals surface area contributed by atoms with E-state index in [-0.39, 0.29) is 11.8 Å². The average Bonchev–Trinajstić information content (AvgIpc) is 3.09. The Morgan fingerprint density at radius 3 is 2.48 bits per heavy atom. The first kappa shape index (κ1) is 20.3. The van der Waals surface area contributed by atoms with Gasteiger partial charge in [-0.2, -0.15) is 4.31 Å². The largest absolute Gasteiger partial charge is 0.368 e. The topological polar surface area (TPSA) is 66.9 Å². The van der Waals surface area contributed by atoms with Gasteiger partial charge in [0.05, 0.1) is 4.90 Å². The average molecular weight is 395 g/mol. The summed E-state index contributed by atoms with van der Waals surface area (Å²) in [7, 11) is -3.45. The summed E-state index contributed by atoms with van der Waals surface area (Å²) < 4.78 is 33.1. The molecule has 2 aliphatic heterocycles. The van der Waals surface area contributed by atoms with Crippen molar-refractivity contribution in [1.29, 1.82) is 0 Å². The first-order valence-electron chi connectivity index (χ1n) is 9.92. The van der Waals surface area contributed by atoms with E-state index >= 15 is 0 Å². The smallest absolute Gasteiger partial charge is 0.256 e. The van der Waals surface area contributed by atoms with E-state index in [0.29, 0.717) is 37.6 Å². The molecule has 1 saturated heterocycles. The first-order valence-corrected chi connectivity index (χ1v) is 11.4. The molecule has 1 fully saturated rings. The molecule has 0 radical (unpaired) electrons. The molecule has 0 saturated carbocycles. The molecule has 1 atom stereocenters.